The molecule has 0 nitrogen and oxygen atoms in total. The number of halogens is 2. The van der Waals surface area contributed by atoms with Gasteiger partial charge in [-0.1, -0.05) is 121 Å². The minimum atomic E-state index is -1.92. The molecule has 0 aromatic heterocycles. The molecule has 0 bridgehead atoms. The Morgan fingerprint density at radius 1 is 0.490 bits per heavy atom. The minimum absolute atomic E-state index is 0. The number of hydrogen-bond donors (Lipinski definition) is 0. The Balaban J connectivity index is 0.000000163. The van der Waals surface area contributed by atoms with Crippen molar-refractivity contribution in [2.45, 2.75) is 17.0 Å². The van der Waals surface area contributed by atoms with Crippen LogP contribution in [0.3, 0.4) is 0 Å². The number of allylic oxidation sites excluding steroid dienone is 4. The second-order valence-corrected chi connectivity index (χ2v) is 19.0. The van der Waals surface area contributed by atoms with Crippen molar-refractivity contribution in [1.29, 1.82) is 0 Å². The second-order valence-electron chi connectivity index (χ2n) is 12.3. The van der Waals surface area contributed by atoms with E-state index in [0.29, 0.717) is 3.63 Å². The monoisotopic (exact) mass is 778 g/mol. The molecular weight excluding hydrogens is 739 g/mol. The zero-order valence-corrected chi connectivity index (χ0v) is 32.8. The first-order valence-electron chi connectivity index (χ1n) is 17.2. The van der Waals surface area contributed by atoms with E-state index in [9.17, 15) is 0 Å². The molecule has 252 valence electrons. The van der Waals surface area contributed by atoms with E-state index in [0.717, 1.165) is 6.42 Å². The predicted octanol–water partition coefficient (Wildman–Crippen LogP) is 13.7. The molecule has 7 aromatic rings. The molecule has 0 saturated carbocycles. The van der Waals surface area contributed by atoms with Gasteiger partial charge in [-0.15, -0.1) is 24.8 Å². The molecule has 0 amide bonds. The molecule has 3 heteroatoms. The van der Waals surface area contributed by atoms with Crippen molar-refractivity contribution in [3.8, 4) is 33.4 Å². The van der Waals surface area contributed by atoms with Gasteiger partial charge in [0, 0.05) is 0 Å². The Bertz CT molecular complexity index is 2090. The first-order valence-corrected chi connectivity index (χ1v) is 21.2. The fourth-order valence-electron chi connectivity index (χ4n) is 7.04. The summed E-state index contributed by atoms with van der Waals surface area (Å²) in [5, 5.41) is 2.82. The van der Waals surface area contributed by atoms with E-state index in [1.54, 1.807) is 14.4 Å². The van der Waals surface area contributed by atoms with Gasteiger partial charge in [-0.3, -0.25) is 0 Å². The third kappa shape index (κ3) is 8.74. The predicted molar refractivity (Wildman–Crippen MR) is 223 cm³/mol. The third-order valence-electron chi connectivity index (χ3n) is 9.35. The summed E-state index contributed by atoms with van der Waals surface area (Å²) in [5.74, 6) is 0. The Labute approximate surface area is 323 Å². The standard InChI is InChI=1S/C17H11.2C12H10.C5H5.C2H4.2ClH.Zr/c1-3-7-14-12(5-1)9-10-16-15-8-4-2-6-13(15)11-17(14)16;2*1-3-7-11(8-4-1)12-9-5-2-6-10-12;1-2-4-5-3-1;1-2;;;/h1-11H;2*1-10H;1-3H,4H2;1H,2H3;2*1H;. The van der Waals surface area contributed by atoms with Crippen LogP contribution in [0.1, 0.15) is 28.1 Å². The van der Waals surface area contributed by atoms with Gasteiger partial charge in [0.15, 0.2) is 0 Å². The van der Waals surface area contributed by atoms with Crippen molar-refractivity contribution in [2.75, 3.05) is 0 Å². The molecule has 0 saturated heterocycles. The molecule has 0 aliphatic heterocycles. The molecule has 0 N–H and O–H groups in total. The van der Waals surface area contributed by atoms with Gasteiger partial charge < -0.3 is 0 Å². The summed E-state index contributed by atoms with van der Waals surface area (Å²) in [7, 11) is 0. The van der Waals surface area contributed by atoms with Gasteiger partial charge in [0.2, 0.25) is 0 Å². The molecule has 0 radical (unpaired) electrons. The van der Waals surface area contributed by atoms with E-state index >= 15 is 0 Å². The zero-order chi connectivity index (χ0) is 33.3. The van der Waals surface area contributed by atoms with Crippen molar-refractivity contribution in [1.82, 2.24) is 0 Å². The van der Waals surface area contributed by atoms with Crippen molar-refractivity contribution in [2.24, 2.45) is 0 Å². The SMILES string of the molecule is C/[CH]=[Zr](\[C]1=CC=CC1)[CH]1c2ccccc2-c2ccc3ccccc3c21.Cl.Cl.c1ccc(-c2ccccc2)cc1.c1ccc(-c2ccccc2)cc1. The van der Waals surface area contributed by atoms with Crippen molar-refractivity contribution < 1.29 is 21.3 Å². The van der Waals surface area contributed by atoms with E-state index in [4.69, 9.17) is 0 Å². The van der Waals surface area contributed by atoms with Crippen LogP contribution in [0.5, 0.6) is 0 Å². The summed E-state index contributed by atoms with van der Waals surface area (Å²) in [6.07, 6.45) is 8.15. The Morgan fingerprint density at radius 3 is 1.45 bits per heavy atom. The zero-order valence-electron chi connectivity index (χ0n) is 28.7. The minimum Gasteiger partial charge on any atom is -0.147 e. The van der Waals surface area contributed by atoms with Crippen molar-refractivity contribution in [3.05, 3.63) is 215 Å². The van der Waals surface area contributed by atoms with E-state index in [-0.39, 0.29) is 24.8 Å². The number of rotatable bonds is 4. The van der Waals surface area contributed by atoms with Crippen LogP contribution < -0.4 is 0 Å². The third-order valence-corrected chi connectivity index (χ3v) is 16.6. The number of fused-ring (bicyclic) bond motifs is 5. The van der Waals surface area contributed by atoms with Gasteiger partial charge >= 0.3 is 157 Å². The molecule has 51 heavy (non-hydrogen) atoms. The van der Waals surface area contributed by atoms with Crippen LogP contribution in [0.4, 0.5) is 0 Å². The number of benzene rings is 7. The first kappa shape index (κ1) is 37.9. The molecule has 2 aliphatic rings. The summed E-state index contributed by atoms with van der Waals surface area (Å²) in [6, 6.07) is 64.2. The van der Waals surface area contributed by atoms with Gasteiger partial charge in [0.05, 0.1) is 0 Å². The van der Waals surface area contributed by atoms with Crippen LogP contribution >= 0.6 is 24.8 Å². The van der Waals surface area contributed by atoms with Gasteiger partial charge in [-0.05, 0) is 22.3 Å². The molecule has 1 atom stereocenters. The second kappa shape index (κ2) is 18.7. The smallest absolute Gasteiger partial charge is 0.0184 e. The topological polar surface area (TPSA) is 0 Å². The normalized spacial score (nSPS) is 13.5. The average Bonchev–Trinajstić information content (AvgIpc) is 3.85. The van der Waals surface area contributed by atoms with Crippen LogP contribution in [0.25, 0.3) is 44.2 Å². The maximum absolute atomic E-state index is 2.60. The molecule has 9 rings (SSSR count). The summed E-state index contributed by atoms with van der Waals surface area (Å²) < 4.78 is 4.93. The van der Waals surface area contributed by atoms with E-state index in [1.807, 2.05) is 24.3 Å². The molecule has 0 heterocycles. The Hall–Kier alpha value is -4.39. The van der Waals surface area contributed by atoms with Crippen LogP contribution in [-0.2, 0) is 21.3 Å². The average molecular weight is 781 g/mol. The fourth-order valence-corrected chi connectivity index (χ4v) is 14.2. The van der Waals surface area contributed by atoms with E-state index < -0.39 is 21.3 Å². The first-order chi connectivity index (χ1) is 24.3. The summed E-state index contributed by atoms with van der Waals surface area (Å²) in [5.41, 5.74) is 11.2. The van der Waals surface area contributed by atoms with Crippen LogP contribution in [0, 0.1) is 0 Å². The summed E-state index contributed by atoms with van der Waals surface area (Å²) in [4.78, 5) is 0. The molecule has 1 unspecified atom stereocenters. The van der Waals surface area contributed by atoms with Gasteiger partial charge in [0.25, 0.3) is 0 Å². The Morgan fingerprint density at radius 2 is 0.961 bits per heavy atom. The van der Waals surface area contributed by atoms with Gasteiger partial charge in [-0.25, -0.2) is 0 Å². The number of hydrogen-bond acceptors (Lipinski definition) is 0. The molecule has 0 spiro atoms. The van der Waals surface area contributed by atoms with Crippen LogP contribution in [-0.4, -0.2) is 3.71 Å². The van der Waals surface area contributed by atoms with E-state index in [1.165, 1.54) is 44.2 Å². The maximum Gasteiger partial charge on any atom is -0.0184 e. The van der Waals surface area contributed by atoms with Crippen molar-refractivity contribution in [3.63, 3.8) is 0 Å². The Kier molecular flexibility index (Phi) is 13.9. The van der Waals surface area contributed by atoms with Gasteiger partial charge in [0.1, 0.15) is 0 Å². The molecule has 0 fully saturated rings. The van der Waals surface area contributed by atoms with Crippen LogP contribution in [0.15, 0.2) is 204 Å². The summed E-state index contributed by atoms with van der Waals surface area (Å²) >= 11 is -1.92. The molecular formula is C48H42Cl2Zr. The maximum atomic E-state index is 2.60. The fraction of sp³-hybridized carbons (Fsp3) is 0.0625. The summed E-state index contributed by atoms with van der Waals surface area (Å²) in [6.45, 7) is 2.31. The van der Waals surface area contributed by atoms with Crippen molar-refractivity contribution >= 4 is 39.3 Å². The molecule has 2 aliphatic carbocycles. The quantitative estimate of drug-likeness (QED) is 0.167. The van der Waals surface area contributed by atoms with Crippen LogP contribution in [0.2, 0.25) is 0 Å². The largest absolute Gasteiger partial charge is 0.147 e. The van der Waals surface area contributed by atoms with E-state index in [2.05, 4.69) is 187 Å². The van der Waals surface area contributed by atoms with Gasteiger partial charge in [-0.2, -0.15) is 0 Å². The molecule has 7 aromatic carbocycles.